The first kappa shape index (κ1) is 22.4. The molecule has 9 heteroatoms. The van der Waals surface area contributed by atoms with Crippen molar-refractivity contribution in [1.82, 2.24) is 14.8 Å². The van der Waals surface area contributed by atoms with Gasteiger partial charge < -0.3 is 4.74 Å². The number of ether oxygens (including phenoxy) is 1. The van der Waals surface area contributed by atoms with Crippen molar-refractivity contribution in [3.8, 4) is 6.07 Å². The van der Waals surface area contributed by atoms with Gasteiger partial charge in [0.1, 0.15) is 0 Å². The first-order chi connectivity index (χ1) is 14.9. The maximum absolute atomic E-state index is 12.6. The van der Waals surface area contributed by atoms with E-state index in [0.717, 1.165) is 51.4 Å². The summed E-state index contributed by atoms with van der Waals surface area (Å²) in [4.78, 5) is 10.8. The predicted molar refractivity (Wildman–Crippen MR) is 120 cm³/mol. The Morgan fingerprint density at radius 1 is 1.13 bits per heavy atom. The van der Waals surface area contributed by atoms with E-state index in [1.54, 1.807) is 23.5 Å². The van der Waals surface area contributed by atoms with Gasteiger partial charge >= 0.3 is 0 Å². The zero-order chi connectivity index (χ0) is 21.8. The van der Waals surface area contributed by atoms with Gasteiger partial charge in [-0.05, 0) is 50.6 Å². The molecule has 31 heavy (non-hydrogen) atoms. The minimum atomic E-state index is -3.33. The number of nitrogens with zero attached hydrogens (tertiary/aromatic N) is 4. The number of fused-ring (bicyclic) bond motifs is 2. The molecule has 2 saturated heterocycles. The highest BCUT2D eigenvalue weighted by Crippen LogP contribution is 2.21. The van der Waals surface area contributed by atoms with Crippen LogP contribution in [0.25, 0.3) is 0 Å². The number of aromatic nitrogens is 1. The Labute approximate surface area is 188 Å². The lowest BCUT2D eigenvalue weighted by Crippen LogP contribution is -2.59. The number of hydrogen-bond acceptors (Lipinski definition) is 8. The Balaban J connectivity index is 1.23. The molecule has 0 amide bonds. The van der Waals surface area contributed by atoms with E-state index in [9.17, 15) is 8.42 Å². The van der Waals surface area contributed by atoms with Crippen molar-refractivity contribution >= 4 is 21.2 Å². The molecular formula is C22H28N4O3S2. The van der Waals surface area contributed by atoms with Gasteiger partial charge in [-0.1, -0.05) is 0 Å². The van der Waals surface area contributed by atoms with E-state index >= 15 is 0 Å². The first-order valence-electron chi connectivity index (χ1n) is 10.6. The second-order valence-corrected chi connectivity index (χ2v) is 11.4. The molecule has 4 rings (SSSR count). The molecule has 1 aromatic heterocycles. The third kappa shape index (κ3) is 5.70. The molecule has 3 heterocycles. The lowest BCUT2D eigenvalue weighted by Gasteiger charge is -2.46. The van der Waals surface area contributed by atoms with Gasteiger partial charge in [-0.2, -0.15) is 5.26 Å². The fraction of sp³-hybridized carbons (Fsp3) is 0.545. The van der Waals surface area contributed by atoms with Crippen LogP contribution in [-0.4, -0.2) is 80.4 Å². The standard InChI is InChI=1S/C22H28N4O3S2/c1-17-22(30-16-24-17)7-9-26-14-19-12-25(13-20(15-26)29-19)8-2-10-31(27,28)21-5-3-18(11-23)4-6-21/h3-6,16,19-20H,2,7-10,12-15H2,1H3. The number of sulfone groups is 1. The Morgan fingerprint density at radius 3 is 2.35 bits per heavy atom. The molecule has 0 aliphatic carbocycles. The third-order valence-corrected chi connectivity index (χ3v) is 8.77. The summed E-state index contributed by atoms with van der Waals surface area (Å²) >= 11 is 1.73. The molecule has 0 radical (unpaired) electrons. The zero-order valence-corrected chi connectivity index (χ0v) is 19.4. The number of rotatable bonds is 8. The van der Waals surface area contributed by atoms with E-state index < -0.39 is 9.84 Å². The quantitative estimate of drug-likeness (QED) is 0.596. The highest BCUT2D eigenvalue weighted by molar-refractivity contribution is 7.91. The Hall–Kier alpha value is -1.83. The first-order valence-corrected chi connectivity index (χ1v) is 13.2. The molecule has 166 valence electrons. The normalized spacial score (nSPS) is 22.3. The Kier molecular flexibility index (Phi) is 7.04. The maximum atomic E-state index is 12.6. The molecule has 2 aliphatic heterocycles. The number of thiazole rings is 1. The summed E-state index contributed by atoms with van der Waals surface area (Å²) in [5.74, 6) is 0.117. The molecule has 2 aromatic rings. The van der Waals surface area contributed by atoms with Gasteiger partial charge in [-0.25, -0.2) is 13.4 Å². The van der Waals surface area contributed by atoms with Crippen LogP contribution in [0.1, 0.15) is 22.6 Å². The number of hydrogen-bond donors (Lipinski definition) is 0. The summed E-state index contributed by atoms with van der Waals surface area (Å²) in [5, 5.41) is 8.87. The third-order valence-electron chi connectivity index (χ3n) is 5.96. The van der Waals surface area contributed by atoms with E-state index in [1.807, 2.05) is 11.6 Å². The molecule has 2 unspecified atom stereocenters. The monoisotopic (exact) mass is 460 g/mol. The Bertz CT molecular complexity index is 1020. The predicted octanol–water partition coefficient (Wildman–Crippen LogP) is 2.11. The average Bonchev–Trinajstić information content (AvgIpc) is 3.16. The number of aryl methyl sites for hydroxylation is 1. The molecule has 2 aliphatic rings. The molecule has 2 bridgehead atoms. The molecular weight excluding hydrogens is 432 g/mol. The summed E-state index contributed by atoms with van der Waals surface area (Å²) < 4.78 is 31.3. The van der Waals surface area contributed by atoms with Crippen LogP contribution >= 0.6 is 11.3 Å². The van der Waals surface area contributed by atoms with Crippen LogP contribution in [0, 0.1) is 18.3 Å². The second-order valence-electron chi connectivity index (χ2n) is 8.32. The summed E-state index contributed by atoms with van der Waals surface area (Å²) in [6.45, 7) is 7.41. The van der Waals surface area contributed by atoms with Crippen molar-refractivity contribution in [2.45, 2.75) is 36.9 Å². The van der Waals surface area contributed by atoms with Crippen LogP contribution in [0.5, 0.6) is 0 Å². The van der Waals surface area contributed by atoms with Gasteiger partial charge in [0.25, 0.3) is 0 Å². The van der Waals surface area contributed by atoms with Gasteiger partial charge in [0.15, 0.2) is 9.84 Å². The summed E-state index contributed by atoms with van der Waals surface area (Å²) in [5.41, 5.74) is 3.52. The fourth-order valence-electron chi connectivity index (χ4n) is 4.38. The minimum Gasteiger partial charge on any atom is -0.370 e. The van der Waals surface area contributed by atoms with E-state index in [0.29, 0.717) is 12.0 Å². The maximum Gasteiger partial charge on any atom is 0.178 e. The molecule has 2 fully saturated rings. The topological polar surface area (TPSA) is 86.5 Å². The van der Waals surface area contributed by atoms with Crippen molar-refractivity contribution in [2.75, 3.05) is 45.0 Å². The van der Waals surface area contributed by atoms with Crippen LogP contribution < -0.4 is 0 Å². The molecule has 1 aromatic carbocycles. The second kappa shape index (κ2) is 9.76. The number of benzene rings is 1. The van der Waals surface area contributed by atoms with E-state index in [1.165, 1.54) is 17.0 Å². The molecule has 2 atom stereocenters. The molecule has 0 N–H and O–H groups in total. The van der Waals surface area contributed by atoms with Crippen molar-refractivity contribution < 1.29 is 13.2 Å². The SMILES string of the molecule is Cc1ncsc1CCN1CC2CN(CCCS(=O)(=O)c3ccc(C#N)cc3)CC(C1)O2. The lowest BCUT2D eigenvalue weighted by molar-refractivity contribution is -0.138. The minimum absolute atomic E-state index is 0.117. The van der Waals surface area contributed by atoms with Crippen molar-refractivity contribution in [2.24, 2.45) is 0 Å². The lowest BCUT2D eigenvalue weighted by atomic mass is 10.1. The van der Waals surface area contributed by atoms with Gasteiger partial charge in [0.05, 0.1) is 45.7 Å². The van der Waals surface area contributed by atoms with Gasteiger partial charge in [-0.3, -0.25) is 9.80 Å². The Morgan fingerprint density at radius 2 is 1.77 bits per heavy atom. The van der Waals surface area contributed by atoms with Crippen LogP contribution in [0.2, 0.25) is 0 Å². The van der Waals surface area contributed by atoms with Gasteiger partial charge in [-0.15, -0.1) is 11.3 Å². The van der Waals surface area contributed by atoms with Crippen LogP contribution in [0.15, 0.2) is 34.7 Å². The summed E-state index contributed by atoms with van der Waals surface area (Å²) in [6.07, 6.45) is 2.00. The molecule has 0 saturated carbocycles. The van der Waals surface area contributed by atoms with Crippen molar-refractivity contribution in [3.63, 3.8) is 0 Å². The fourth-order valence-corrected chi connectivity index (χ4v) is 6.45. The van der Waals surface area contributed by atoms with E-state index in [4.69, 9.17) is 10.00 Å². The van der Waals surface area contributed by atoms with E-state index in [2.05, 4.69) is 21.7 Å². The van der Waals surface area contributed by atoms with Crippen molar-refractivity contribution in [3.05, 3.63) is 45.9 Å². The molecule has 0 spiro atoms. The van der Waals surface area contributed by atoms with Gasteiger partial charge in [0, 0.05) is 37.6 Å². The average molecular weight is 461 g/mol. The molecule has 7 nitrogen and oxygen atoms in total. The van der Waals surface area contributed by atoms with Crippen LogP contribution in [0.4, 0.5) is 0 Å². The van der Waals surface area contributed by atoms with Crippen LogP contribution in [-0.2, 0) is 21.0 Å². The van der Waals surface area contributed by atoms with Crippen LogP contribution in [0.3, 0.4) is 0 Å². The largest absolute Gasteiger partial charge is 0.370 e. The smallest absolute Gasteiger partial charge is 0.178 e. The highest BCUT2D eigenvalue weighted by Gasteiger charge is 2.34. The summed E-state index contributed by atoms with van der Waals surface area (Å²) in [7, 11) is -3.33. The van der Waals surface area contributed by atoms with E-state index in [-0.39, 0.29) is 22.9 Å². The summed E-state index contributed by atoms with van der Waals surface area (Å²) in [6, 6.07) is 8.17. The number of nitriles is 1. The zero-order valence-electron chi connectivity index (χ0n) is 17.7. The number of morpholine rings is 2. The van der Waals surface area contributed by atoms with Crippen molar-refractivity contribution in [1.29, 1.82) is 5.26 Å². The highest BCUT2D eigenvalue weighted by atomic mass is 32.2. The van der Waals surface area contributed by atoms with Gasteiger partial charge in [0.2, 0.25) is 0 Å².